The van der Waals surface area contributed by atoms with Gasteiger partial charge in [-0.25, -0.2) is 9.78 Å². The highest BCUT2D eigenvalue weighted by Crippen LogP contribution is 2.46. The fourth-order valence-corrected chi connectivity index (χ4v) is 4.76. The van der Waals surface area contributed by atoms with Crippen LogP contribution < -0.4 is 4.74 Å². The second-order valence-electron chi connectivity index (χ2n) is 7.49. The molecule has 0 unspecified atom stereocenters. The molecule has 1 N–H and O–H groups in total. The Balaban J connectivity index is 1.84. The number of benzene rings is 1. The van der Waals surface area contributed by atoms with Crippen molar-refractivity contribution < 1.29 is 14.6 Å². The number of carbonyl (C=O) groups is 1. The highest BCUT2D eigenvalue weighted by atomic mass is 16.5. The minimum atomic E-state index is -0.890. The van der Waals surface area contributed by atoms with Gasteiger partial charge in [0.2, 0.25) is 5.88 Å². The standard InChI is InChI=1S/C22H22N2O3/c25-22(26)15-8-9-16-18(13-15)24-11-12-27-21-17(7-4-10-23-21)20(24)19(16)14-5-2-1-3-6-14/h4,7-10,13-14H,1-3,5-6,11-12H2,(H,25,26). The lowest BCUT2D eigenvalue weighted by Gasteiger charge is -2.23. The summed E-state index contributed by atoms with van der Waals surface area (Å²) < 4.78 is 8.16. The Hall–Kier alpha value is -2.82. The summed E-state index contributed by atoms with van der Waals surface area (Å²) in [6.07, 6.45) is 7.93. The summed E-state index contributed by atoms with van der Waals surface area (Å²) in [5, 5.41) is 10.7. The van der Waals surface area contributed by atoms with E-state index in [0.29, 0.717) is 30.5 Å². The van der Waals surface area contributed by atoms with Crippen LogP contribution in [-0.2, 0) is 6.54 Å². The SMILES string of the molecule is O=C(O)c1ccc2c(C3CCCCC3)c3n(c2c1)CCOc1ncccc1-3. The Labute approximate surface area is 157 Å². The zero-order valence-corrected chi connectivity index (χ0v) is 15.1. The van der Waals surface area contributed by atoms with Crippen molar-refractivity contribution in [2.24, 2.45) is 0 Å². The third-order valence-electron chi connectivity index (χ3n) is 5.94. The van der Waals surface area contributed by atoms with E-state index >= 15 is 0 Å². The molecule has 3 aromatic rings. The molecule has 2 aromatic heterocycles. The topological polar surface area (TPSA) is 64.3 Å². The molecule has 0 amide bonds. The van der Waals surface area contributed by atoms with Crippen molar-refractivity contribution in [1.29, 1.82) is 0 Å². The van der Waals surface area contributed by atoms with Crippen LogP contribution in [0.3, 0.4) is 0 Å². The molecule has 5 rings (SSSR count). The molecule has 1 fully saturated rings. The number of carboxylic acids is 1. The van der Waals surface area contributed by atoms with Gasteiger partial charge in [-0.05, 0) is 48.6 Å². The molecular weight excluding hydrogens is 340 g/mol. The number of hydrogen-bond acceptors (Lipinski definition) is 3. The Morgan fingerprint density at radius 3 is 2.85 bits per heavy atom. The van der Waals surface area contributed by atoms with Gasteiger partial charge < -0.3 is 14.4 Å². The Bertz CT molecular complexity index is 1030. The average Bonchev–Trinajstić information content (AvgIpc) is 2.90. The summed E-state index contributed by atoms with van der Waals surface area (Å²) in [5.41, 5.74) is 4.85. The number of aromatic nitrogens is 2. The molecule has 0 spiro atoms. The summed E-state index contributed by atoms with van der Waals surface area (Å²) in [5.74, 6) is 0.285. The molecule has 0 atom stereocenters. The summed E-state index contributed by atoms with van der Waals surface area (Å²) in [6.45, 7) is 1.22. The molecule has 1 saturated carbocycles. The molecule has 1 aliphatic heterocycles. The molecular formula is C22H22N2O3. The molecule has 1 aliphatic carbocycles. The van der Waals surface area contributed by atoms with E-state index < -0.39 is 5.97 Å². The largest absolute Gasteiger partial charge is 0.478 e. The second-order valence-corrected chi connectivity index (χ2v) is 7.49. The zero-order chi connectivity index (χ0) is 18.4. The molecule has 3 heterocycles. The van der Waals surface area contributed by atoms with E-state index in [2.05, 4.69) is 15.6 Å². The monoisotopic (exact) mass is 362 g/mol. The first-order valence-corrected chi connectivity index (χ1v) is 9.71. The predicted octanol–water partition coefficient (Wildman–Crippen LogP) is 4.84. The minimum absolute atomic E-state index is 0.328. The fourth-order valence-electron chi connectivity index (χ4n) is 4.76. The summed E-state index contributed by atoms with van der Waals surface area (Å²) in [4.78, 5) is 16.0. The first-order chi connectivity index (χ1) is 13.2. The van der Waals surface area contributed by atoms with Gasteiger partial charge in [0.15, 0.2) is 0 Å². The Kier molecular flexibility index (Phi) is 3.88. The summed E-state index contributed by atoms with van der Waals surface area (Å²) in [6, 6.07) is 9.57. The third-order valence-corrected chi connectivity index (χ3v) is 5.94. The van der Waals surface area contributed by atoms with Crippen LogP contribution in [0.2, 0.25) is 0 Å². The van der Waals surface area contributed by atoms with Gasteiger partial charge in [0, 0.05) is 17.1 Å². The van der Waals surface area contributed by atoms with E-state index in [1.165, 1.54) is 48.7 Å². The van der Waals surface area contributed by atoms with Gasteiger partial charge in [0.05, 0.1) is 23.4 Å². The first-order valence-electron chi connectivity index (χ1n) is 9.71. The second kappa shape index (κ2) is 6.41. The van der Waals surface area contributed by atoms with Crippen molar-refractivity contribution in [1.82, 2.24) is 9.55 Å². The molecule has 27 heavy (non-hydrogen) atoms. The Morgan fingerprint density at radius 2 is 2.04 bits per heavy atom. The highest BCUT2D eigenvalue weighted by molar-refractivity contribution is 5.98. The van der Waals surface area contributed by atoms with Crippen LogP contribution in [0.15, 0.2) is 36.5 Å². The molecule has 0 bridgehead atoms. The zero-order valence-electron chi connectivity index (χ0n) is 15.1. The maximum absolute atomic E-state index is 11.5. The van der Waals surface area contributed by atoms with E-state index in [-0.39, 0.29) is 0 Å². The smallest absolute Gasteiger partial charge is 0.335 e. The van der Waals surface area contributed by atoms with Crippen LogP contribution in [-0.4, -0.2) is 27.2 Å². The van der Waals surface area contributed by atoms with Crippen LogP contribution in [0, 0.1) is 0 Å². The molecule has 0 saturated heterocycles. The minimum Gasteiger partial charge on any atom is -0.478 e. The van der Waals surface area contributed by atoms with Crippen molar-refractivity contribution in [3.05, 3.63) is 47.7 Å². The van der Waals surface area contributed by atoms with Gasteiger partial charge in [-0.1, -0.05) is 25.3 Å². The van der Waals surface area contributed by atoms with Gasteiger partial charge in [0.1, 0.15) is 6.61 Å². The molecule has 2 aliphatic rings. The number of aromatic carboxylic acids is 1. The normalized spacial score (nSPS) is 17.0. The van der Waals surface area contributed by atoms with Crippen molar-refractivity contribution >= 4 is 16.9 Å². The van der Waals surface area contributed by atoms with Crippen LogP contribution in [0.5, 0.6) is 5.88 Å². The molecule has 0 radical (unpaired) electrons. The number of nitrogens with zero attached hydrogens (tertiary/aromatic N) is 2. The molecule has 1 aromatic carbocycles. The number of rotatable bonds is 2. The lowest BCUT2D eigenvalue weighted by molar-refractivity contribution is 0.0697. The number of ether oxygens (including phenoxy) is 1. The van der Waals surface area contributed by atoms with E-state index in [0.717, 1.165) is 11.1 Å². The predicted molar refractivity (Wildman–Crippen MR) is 103 cm³/mol. The quantitative estimate of drug-likeness (QED) is 0.708. The maximum Gasteiger partial charge on any atom is 0.335 e. The maximum atomic E-state index is 11.5. The Morgan fingerprint density at radius 1 is 1.19 bits per heavy atom. The first kappa shape index (κ1) is 16.4. The van der Waals surface area contributed by atoms with E-state index in [9.17, 15) is 9.90 Å². The van der Waals surface area contributed by atoms with Gasteiger partial charge >= 0.3 is 5.97 Å². The van der Waals surface area contributed by atoms with E-state index in [1.807, 2.05) is 18.2 Å². The van der Waals surface area contributed by atoms with Crippen molar-refractivity contribution in [3.63, 3.8) is 0 Å². The van der Waals surface area contributed by atoms with Gasteiger partial charge in [-0.2, -0.15) is 0 Å². The number of hydrogen-bond donors (Lipinski definition) is 1. The fraction of sp³-hybridized carbons (Fsp3) is 0.364. The van der Waals surface area contributed by atoms with Crippen molar-refractivity contribution in [2.75, 3.05) is 6.61 Å². The lowest BCUT2D eigenvalue weighted by atomic mass is 9.82. The average molecular weight is 362 g/mol. The number of fused-ring (bicyclic) bond motifs is 5. The molecule has 138 valence electrons. The highest BCUT2D eigenvalue weighted by Gasteiger charge is 2.29. The van der Waals surface area contributed by atoms with Gasteiger partial charge in [-0.15, -0.1) is 0 Å². The van der Waals surface area contributed by atoms with Crippen LogP contribution in [0.4, 0.5) is 0 Å². The number of carboxylic acid groups (broad SMARTS) is 1. The number of pyridine rings is 1. The van der Waals surface area contributed by atoms with Crippen LogP contribution in [0.1, 0.15) is 53.9 Å². The van der Waals surface area contributed by atoms with Crippen molar-refractivity contribution in [2.45, 2.75) is 44.6 Å². The van der Waals surface area contributed by atoms with Crippen LogP contribution >= 0.6 is 0 Å². The molecule has 5 heteroatoms. The van der Waals surface area contributed by atoms with Crippen molar-refractivity contribution in [3.8, 4) is 17.1 Å². The van der Waals surface area contributed by atoms with E-state index in [1.54, 1.807) is 12.3 Å². The lowest BCUT2D eigenvalue weighted by Crippen LogP contribution is -2.07. The summed E-state index contributed by atoms with van der Waals surface area (Å²) >= 11 is 0. The van der Waals surface area contributed by atoms with Gasteiger partial charge in [0.25, 0.3) is 0 Å². The van der Waals surface area contributed by atoms with E-state index in [4.69, 9.17) is 4.74 Å². The van der Waals surface area contributed by atoms with Crippen LogP contribution in [0.25, 0.3) is 22.2 Å². The van der Waals surface area contributed by atoms with Gasteiger partial charge in [-0.3, -0.25) is 0 Å². The summed E-state index contributed by atoms with van der Waals surface area (Å²) in [7, 11) is 0. The molecule has 5 nitrogen and oxygen atoms in total. The third kappa shape index (κ3) is 2.60.